The summed E-state index contributed by atoms with van der Waals surface area (Å²) in [7, 11) is -3.60. The zero-order valence-corrected chi connectivity index (χ0v) is 13.6. The molecule has 0 aliphatic rings. The first-order valence-corrected chi connectivity index (χ1v) is 8.74. The third kappa shape index (κ3) is 3.71. The van der Waals surface area contributed by atoms with Crippen LogP contribution < -0.4 is 10.0 Å². The molecular formula is C14H15N5O4S. The fourth-order valence-corrected chi connectivity index (χ4v) is 3.04. The average Bonchev–Trinajstić information content (AvgIpc) is 3.14. The summed E-state index contributed by atoms with van der Waals surface area (Å²) in [5.74, 6) is -0.243. The first-order chi connectivity index (χ1) is 11.4. The molecule has 1 amide bonds. The second-order valence-electron chi connectivity index (χ2n) is 5.12. The lowest BCUT2D eigenvalue weighted by atomic mass is 10.3. The van der Waals surface area contributed by atoms with Gasteiger partial charge in [-0.3, -0.25) is 9.52 Å². The number of rotatable bonds is 6. The maximum absolute atomic E-state index is 12.1. The minimum atomic E-state index is -3.60. The van der Waals surface area contributed by atoms with Crippen molar-refractivity contribution in [1.29, 1.82) is 0 Å². The maximum atomic E-state index is 12.1. The third-order valence-electron chi connectivity index (χ3n) is 3.19. The molecule has 3 heterocycles. The van der Waals surface area contributed by atoms with Gasteiger partial charge in [-0.2, -0.15) is 5.10 Å². The van der Waals surface area contributed by atoms with Gasteiger partial charge in [0.25, 0.3) is 5.91 Å². The normalized spacial score (nSPS) is 11.5. The van der Waals surface area contributed by atoms with Crippen LogP contribution in [-0.2, 0) is 10.0 Å². The molecule has 2 N–H and O–H groups in total. The molecule has 9 nitrogen and oxygen atoms in total. The van der Waals surface area contributed by atoms with Crippen molar-refractivity contribution < 1.29 is 17.7 Å². The Morgan fingerprint density at radius 2 is 2.17 bits per heavy atom. The number of nitrogens with one attached hydrogen (secondary N) is 2. The van der Waals surface area contributed by atoms with E-state index in [1.54, 1.807) is 42.0 Å². The first kappa shape index (κ1) is 16.0. The van der Waals surface area contributed by atoms with Crippen LogP contribution in [0.5, 0.6) is 0 Å². The van der Waals surface area contributed by atoms with Crippen LogP contribution in [0.15, 0.2) is 41.2 Å². The smallest absolute Gasteiger partial charge is 0.273 e. The molecule has 10 heteroatoms. The van der Waals surface area contributed by atoms with E-state index in [1.165, 1.54) is 6.07 Å². The number of sulfonamides is 1. The lowest BCUT2D eigenvalue weighted by Crippen LogP contribution is -2.31. The molecule has 3 rings (SSSR count). The number of hydrogen-bond acceptors (Lipinski definition) is 6. The number of pyridine rings is 1. The van der Waals surface area contributed by atoms with Crippen molar-refractivity contribution in [3.8, 4) is 0 Å². The third-order valence-corrected chi connectivity index (χ3v) is 4.48. The Labute approximate surface area is 137 Å². The van der Waals surface area contributed by atoms with E-state index >= 15 is 0 Å². The highest BCUT2D eigenvalue weighted by Gasteiger charge is 2.14. The number of carbonyl (C=O) groups excluding carboxylic acids is 1. The molecule has 0 aromatic carbocycles. The van der Waals surface area contributed by atoms with E-state index in [0.29, 0.717) is 11.4 Å². The molecule has 0 fully saturated rings. The van der Waals surface area contributed by atoms with Gasteiger partial charge in [-0.15, -0.1) is 0 Å². The van der Waals surface area contributed by atoms with Gasteiger partial charge in [0.05, 0.1) is 17.0 Å². The number of hydrogen-bond donors (Lipinski definition) is 2. The SMILES string of the molecule is Cc1cc(C(=O)NCCS(=O)(=O)Nc2ccn3nccc3c2)no1. The van der Waals surface area contributed by atoms with Gasteiger partial charge < -0.3 is 9.84 Å². The van der Waals surface area contributed by atoms with Crippen molar-refractivity contribution in [2.75, 3.05) is 17.0 Å². The van der Waals surface area contributed by atoms with Crippen molar-refractivity contribution in [3.63, 3.8) is 0 Å². The topological polar surface area (TPSA) is 119 Å². The largest absolute Gasteiger partial charge is 0.361 e. The molecular weight excluding hydrogens is 334 g/mol. The predicted octanol–water partition coefficient (Wildman–Crippen LogP) is 0.802. The van der Waals surface area contributed by atoms with Crippen LogP contribution in [-0.4, -0.2) is 41.4 Å². The lowest BCUT2D eigenvalue weighted by molar-refractivity contribution is 0.0947. The van der Waals surface area contributed by atoms with E-state index in [1.807, 2.05) is 0 Å². The van der Waals surface area contributed by atoms with Gasteiger partial charge in [0, 0.05) is 25.0 Å². The maximum Gasteiger partial charge on any atom is 0.273 e. The Kier molecular flexibility index (Phi) is 4.21. The molecule has 126 valence electrons. The number of anilines is 1. The fourth-order valence-electron chi connectivity index (χ4n) is 2.08. The van der Waals surface area contributed by atoms with E-state index in [9.17, 15) is 13.2 Å². The van der Waals surface area contributed by atoms with Crippen LogP contribution in [0.1, 0.15) is 16.2 Å². The molecule has 0 radical (unpaired) electrons. The first-order valence-electron chi connectivity index (χ1n) is 7.08. The number of nitrogens with zero attached hydrogens (tertiary/aromatic N) is 3. The van der Waals surface area contributed by atoms with Crippen molar-refractivity contribution >= 4 is 27.1 Å². The van der Waals surface area contributed by atoms with Gasteiger partial charge in [0.1, 0.15) is 5.76 Å². The summed E-state index contributed by atoms with van der Waals surface area (Å²) in [5.41, 5.74) is 1.32. The summed E-state index contributed by atoms with van der Waals surface area (Å²) in [6, 6.07) is 6.51. The molecule has 0 atom stereocenters. The molecule has 0 unspecified atom stereocenters. The van der Waals surface area contributed by atoms with Crippen LogP contribution in [0, 0.1) is 6.92 Å². The van der Waals surface area contributed by atoms with Crippen molar-refractivity contribution in [3.05, 3.63) is 48.1 Å². The van der Waals surface area contributed by atoms with E-state index in [4.69, 9.17) is 4.52 Å². The van der Waals surface area contributed by atoms with Gasteiger partial charge in [-0.1, -0.05) is 5.16 Å². The zero-order valence-electron chi connectivity index (χ0n) is 12.8. The van der Waals surface area contributed by atoms with Crippen molar-refractivity contribution in [2.24, 2.45) is 0 Å². The van der Waals surface area contributed by atoms with Crippen LogP contribution in [0.2, 0.25) is 0 Å². The van der Waals surface area contributed by atoms with Gasteiger partial charge in [-0.25, -0.2) is 12.9 Å². The molecule has 0 aliphatic carbocycles. The molecule has 3 aromatic heterocycles. The second-order valence-corrected chi connectivity index (χ2v) is 6.96. The minimum absolute atomic E-state index is 0.0466. The zero-order chi connectivity index (χ0) is 17.2. The molecule has 0 aliphatic heterocycles. The van der Waals surface area contributed by atoms with E-state index in [2.05, 4.69) is 20.3 Å². The lowest BCUT2D eigenvalue weighted by Gasteiger charge is -2.08. The number of fused-ring (bicyclic) bond motifs is 1. The van der Waals surface area contributed by atoms with Crippen LogP contribution in [0.3, 0.4) is 0 Å². The Morgan fingerprint density at radius 3 is 2.92 bits per heavy atom. The number of aryl methyl sites for hydroxylation is 1. The number of amides is 1. The predicted molar refractivity (Wildman–Crippen MR) is 86.2 cm³/mol. The fraction of sp³-hybridized carbons (Fsp3) is 0.214. The van der Waals surface area contributed by atoms with Gasteiger partial charge in [0.2, 0.25) is 10.0 Å². The summed E-state index contributed by atoms with van der Waals surface area (Å²) in [6.45, 7) is 1.62. The summed E-state index contributed by atoms with van der Waals surface area (Å²) in [6.07, 6.45) is 3.27. The van der Waals surface area contributed by atoms with Gasteiger partial charge in [0.15, 0.2) is 5.69 Å². The quantitative estimate of drug-likeness (QED) is 0.679. The second kappa shape index (κ2) is 6.32. The van der Waals surface area contributed by atoms with Crippen LogP contribution >= 0.6 is 0 Å². The highest BCUT2D eigenvalue weighted by molar-refractivity contribution is 7.92. The minimum Gasteiger partial charge on any atom is -0.361 e. The van der Waals surface area contributed by atoms with E-state index < -0.39 is 15.9 Å². The van der Waals surface area contributed by atoms with Crippen LogP contribution in [0.4, 0.5) is 5.69 Å². The van der Waals surface area contributed by atoms with E-state index in [-0.39, 0.29) is 18.0 Å². The molecule has 3 aromatic rings. The monoisotopic (exact) mass is 349 g/mol. The Morgan fingerprint density at radius 1 is 1.33 bits per heavy atom. The Hall–Kier alpha value is -2.88. The summed E-state index contributed by atoms with van der Waals surface area (Å²) < 4.78 is 33.0. The molecule has 24 heavy (non-hydrogen) atoms. The van der Waals surface area contributed by atoms with Crippen molar-refractivity contribution in [1.82, 2.24) is 20.1 Å². The Bertz CT molecular complexity index is 976. The molecule has 0 saturated heterocycles. The van der Waals surface area contributed by atoms with Crippen LogP contribution in [0.25, 0.3) is 5.52 Å². The number of carbonyl (C=O) groups is 1. The number of aromatic nitrogens is 3. The van der Waals surface area contributed by atoms with Gasteiger partial charge >= 0.3 is 0 Å². The summed E-state index contributed by atoms with van der Waals surface area (Å²) in [5, 5.41) is 10.1. The highest BCUT2D eigenvalue weighted by Crippen LogP contribution is 2.13. The van der Waals surface area contributed by atoms with Crippen molar-refractivity contribution in [2.45, 2.75) is 6.92 Å². The molecule has 0 bridgehead atoms. The molecule has 0 spiro atoms. The Balaban J connectivity index is 1.56. The standard InChI is InChI=1S/C14H15N5O4S/c1-10-8-13(17-23-10)14(20)15-5-7-24(21,22)18-11-3-6-19-12(9-11)2-4-16-19/h2-4,6,8-9,18H,5,7H2,1H3,(H,15,20). The average molecular weight is 349 g/mol. The van der Waals surface area contributed by atoms with E-state index in [0.717, 1.165) is 5.52 Å². The molecule has 0 saturated carbocycles. The summed E-state index contributed by atoms with van der Waals surface area (Å²) in [4.78, 5) is 11.8. The highest BCUT2D eigenvalue weighted by atomic mass is 32.2. The summed E-state index contributed by atoms with van der Waals surface area (Å²) >= 11 is 0. The van der Waals surface area contributed by atoms with Gasteiger partial charge in [-0.05, 0) is 25.1 Å².